The van der Waals surface area contributed by atoms with E-state index in [1.807, 2.05) is 0 Å². The monoisotopic (exact) mass is 200 g/mol. The van der Waals surface area contributed by atoms with Gasteiger partial charge < -0.3 is 9.47 Å². The van der Waals surface area contributed by atoms with Crippen LogP contribution < -0.4 is 0 Å². The van der Waals surface area contributed by atoms with Crippen LogP contribution >= 0.6 is 0 Å². The molecule has 14 heavy (non-hydrogen) atoms. The van der Waals surface area contributed by atoms with E-state index in [0.29, 0.717) is 13.0 Å². The van der Waals surface area contributed by atoms with Crippen LogP contribution in [-0.2, 0) is 19.1 Å². The van der Waals surface area contributed by atoms with E-state index in [1.165, 1.54) is 7.11 Å². The van der Waals surface area contributed by atoms with Gasteiger partial charge in [-0.1, -0.05) is 0 Å². The number of hydrogen-bond acceptors (Lipinski definition) is 4. The van der Waals surface area contributed by atoms with Crippen LogP contribution in [0.1, 0.15) is 32.6 Å². The number of esters is 1. The van der Waals surface area contributed by atoms with E-state index in [1.54, 1.807) is 6.92 Å². The van der Waals surface area contributed by atoms with Crippen molar-refractivity contribution < 1.29 is 19.1 Å². The summed E-state index contributed by atoms with van der Waals surface area (Å²) in [5.74, 6) is -0.672. The van der Waals surface area contributed by atoms with Gasteiger partial charge in [0.15, 0.2) is 5.78 Å². The van der Waals surface area contributed by atoms with Crippen LogP contribution in [-0.4, -0.2) is 31.1 Å². The Labute approximate surface area is 83.6 Å². The van der Waals surface area contributed by atoms with Gasteiger partial charge in [-0.3, -0.25) is 9.59 Å². The number of Topliss-reactive ketones (excluding diaryl/α,β-unsaturated/α-hetero) is 1. The first kappa shape index (κ1) is 11.2. The van der Waals surface area contributed by atoms with Gasteiger partial charge in [0.25, 0.3) is 0 Å². The van der Waals surface area contributed by atoms with Gasteiger partial charge in [0.05, 0.1) is 7.11 Å². The zero-order valence-electron chi connectivity index (χ0n) is 8.67. The quantitative estimate of drug-likeness (QED) is 0.505. The molecule has 1 aliphatic rings. The first-order chi connectivity index (χ1) is 6.58. The second kappa shape index (κ2) is 4.55. The number of carbonyl (C=O) groups excluding carboxylic acids is 2. The lowest BCUT2D eigenvalue weighted by Gasteiger charge is -2.31. The molecule has 0 aromatic heterocycles. The summed E-state index contributed by atoms with van der Waals surface area (Å²) in [4.78, 5) is 22.6. The highest BCUT2D eigenvalue weighted by Crippen LogP contribution is 2.26. The molecule has 1 saturated heterocycles. The van der Waals surface area contributed by atoms with Crippen molar-refractivity contribution in [1.82, 2.24) is 0 Å². The molecular formula is C10H16O4. The van der Waals surface area contributed by atoms with Crippen LogP contribution in [0.15, 0.2) is 0 Å². The molecule has 0 saturated carbocycles. The van der Waals surface area contributed by atoms with Crippen molar-refractivity contribution in [1.29, 1.82) is 0 Å². The van der Waals surface area contributed by atoms with Crippen LogP contribution in [0.2, 0.25) is 0 Å². The van der Waals surface area contributed by atoms with E-state index >= 15 is 0 Å². The molecule has 0 bridgehead atoms. The molecule has 1 atom stereocenters. The van der Waals surface area contributed by atoms with Gasteiger partial charge >= 0.3 is 5.97 Å². The number of carbonyl (C=O) groups is 2. The lowest BCUT2D eigenvalue weighted by molar-refractivity contribution is -0.155. The second-order valence-electron chi connectivity index (χ2n) is 3.71. The summed E-state index contributed by atoms with van der Waals surface area (Å²) < 4.78 is 9.86. The van der Waals surface area contributed by atoms with E-state index in [9.17, 15) is 9.59 Å². The Balaban J connectivity index is 2.53. The average molecular weight is 200 g/mol. The SMILES string of the molecule is COC(=O)CC(=O)C1(C)CCCCO1. The Hall–Kier alpha value is -0.900. The van der Waals surface area contributed by atoms with E-state index in [-0.39, 0.29) is 12.2 Å². The summed E-state index contributed by atoms with van der Waals surface area (Å²) in [5.41, 5.74) is -0.771. The Bertz CT molecular complexity index is 228. The molecule has 4 nitrogen and oxygen atoms in total. The molecule has 0 aliphatic carbocycles. The molecule has 1 fully saturated rings. The van der Waals surface area contributed by atoms with Gasteiger partial charge in [-0.2, -0.15) is 0 Å². The molecule has 1 aliphatic heterocycles. The maximum Gasteiger partial charge on any atom is 0.313 e. The third-order valence-corrected chi connectivity index (χ3v) is 2.59. The lowest BCUT2D eigenvalue weighted by Crippen LogP contribution is -2.42. The molecule has 0 spiro atoms. The van der Waals surface area contributed by atoms with E-state index in [2.05, 4.69) is 4.74 Å². The molecule has 0 N–H and O–H groups in total. The summed E-state index contributed by atoms with van der Waals surface area (Å²) >= 11 is 0. The van der Waals surface area contributed by atoms with Crippen molar-refractivity contribution in [2.24, 2.45) is 0 Å². The average Bonchev–Trinajstić information content (AvgIpc) is 2.18. The maximum absolute atomic E-state index is 11.7. The predicted octanol–water partition coefficient (Wildman–Crippen LogP) is 1.08. The number of rotatable bonds is 3. The molecule has 1 heterocycles. The normalized spacial score (nSPS) is 27.0. The van der Waals surface area contributed by atoms with E-state index in [4.69, 9.17) is 4.74 Å². The molecule has 0 aromatic carbocycles. The van der Waals surface area contributed by atoms with Gasteiger partial charge in [-0.15, -0.1) is 0 Å². The fourth-order valence-corrected chi connectivity index (χ4v) is 1.54. The minimum Gasteiger partial charge on any atom is -0.469 e. The summed E-state index contributed by atoms with van der Waals surface area (Å²) in [5, 5.41) is 0. The van der Waals surface area contributed by atoms with Crippen molar-refractivity contribution in [2.75, 3.05) is 13.7 Å². The summed E-state index contributed by atoms with van der Waals surface area (Å²) in [6.07, 6.45) is 2.47. The van der Waals surface area contributed by atoms with Gasteiger partial charge in [0.1, 0.15) is 12.0 Å². The van der Waals surface area contributed by atoms with Crippen LogP contribution in [0.4, 0.5) is 0 Å². The van der Waals surface area contributed by atoms with E-state index in [0.717, 1.165) is 12.8 Å². The maximum atomic E-state index is 11.7. The van der Waals surface area contributed by atoms with Crippen LogP contribution in [0.3, 0.4) is 0 Å². The fourth-order valence-electron chi connectivity index (χ4n) is 1.54. The van der Waals surface area contributed by atoms with Gasteiger partial charge in [-0.05, 0) is 26.2 Å². The predicted molar refractivity (Wildman–Crippen MR) is 49.8 cm³/mol. The van der Waals surface area contributed by atoms with Gasteiger partial charge in [0.2, 0.25) is 0 Å². The second-order valence-corrected chi connectivity index (χ2v) is 3.71. The molecule has 1 unspecified atom stereocenters. The zero-order valence-corrected chi connectivity index (χ0v) is 8.67. The smallest absolute Gasteiger partial charge is 0.313 e. The standard InChI is InChI=1S/C10H16O4/c1-10(5-3-4-6-14-10)8(11)7-9(12)13-2/h3-7H2,1-2H3. The summed E-state index contributed by atoms with van der Waals surface area (Å²) in [6.45, 7) is 2.35. The minimum atomic E-state index is -0.771. The number of methoxy groups -OCH3 is 1. The lowest BCUT2D eigenvalue weighted by atomic mass is 9.90. The van der Waals surface area contributed by atoms with Gasteiger partial charge in [-0.25, -0.2) is 0 Å². The van der Waals surface area contributed by atoms with E-state index < -0.39 is 11.6 Å². The Kier molecular flexibility index (Phi) is 3.63. The molecule has 0 amide bonds. The highest BCUT2D eigenvalue weighted by Gasteiger charge is 2.36. The highest BCUT2D eigenvalue weighted by atomic mass is 16.5. The fraction of sp³-hybridized carbons (Fsp3) is 0.800. The van der Waals surface area contributed by atoms with Crippen molar-refractivity contribution in [2.45, 2.75) is 38.2 Å². The molecular weight excluding hydrogens is 184 g/mol. The summed E-state index contributed by atoms with van der Waals surface area (Å²) in [7, 11) is 1.28. The Morgan fingerprint density at radius 3 is 2.64 bits per heavy atom. The van der Waals surface area contributed by atoms with Crippen LogP contribution in [0.5, 0.6) is 0 Å². The molecule has 0 aromatic rings. The molecule has 80 valence electrons. The van der Waals surface area contributed by atoms with Gasteiger partial charge in [0, 0.05) is 6.61 Å². The third-order valence-electron chi connectivity index (χ3n) is 2.59. The van der Waals surface area contributed by atoms with Crippen molar-refractivity contribution in [3.8, 4) is 0 Å². The summed E-state index contributed by atoms with van der Waals surface area (Å²) in [6, 6.07) is 0. The minimum absolute atomic E-state index is 0.177. The first-order valence-electron chi connectivity index (χ1n) is 4.82. The topological polar surface area (TPSA) is 52.6 Å². The molecule has 0 radical (unpaired) electrons. The number of ether oxygens (including phenoxy) is 2. The largest absolute Gasteiger partial charge is 0.469 e. The van der Waals surface area contributed by atoms with Crippen molar-refractivity contribution >= 4 is 11.8 Å². The Morgan fingerprint density at radius 1 is 1.43 bits per heavy atom. The molecule has 1 rings (SSSR count). The number of ketones is 1. The molecule has 4 heteroatoms. The zero-order chi connectivity index (χ0) is 10.6. The van der Waals surface area contributed by atoms with Crippen molar-refractivity contribution in [3.63, 3.8) is 0 Å². The van der Waals surface area contributed by atoms with Crippen molar-refractivity contribution in [3.05, 3.63) is 0 Å². The Morgan fingerprint density at radius 2 is 2.14 bits per heavy atom. The highest BCUT2D eigenvalue weighted by molar-refractivity contribution is 6.00. The van der Waals surface area contributed by atoms with Crippen LogP contribution in [0, 0.1) is 0 Å². The number of hydrogen-bond donors (Lipinski definition) is 0. The first-order valence-corrected chi connectivity index (χ1v) is 4.82. The van der Waals surface area contributed by atoms with Crippen LogP contribution in [0.25, 0.3) is 0 Å². The third kappa shape index (κ3) is 2.54.